The highest BCUT2D eigenvalue weighted by Crippen LogP contribution is 2.25. The van der Waals surface area contributed by atoms with Gasteiger partial charge in [0.05, 0.1) is 5.54 Å². The number of carbonyl (C=O) groups is 2. The Bertz CT molecular complexity index is 397. The van der Waals surface area contributed by atoms with Crippen LogP contribution in [0.15, 0.2) is 4.99 Å². The third-order valence-electron chi connectivity index (χ3n) is 2.53. The van der Waals surface area contributed by atoms with Gasteiger partial charge in [0.2, 0.25) is 11.8 Å². The lowest BCUT2D eigenvalue weighted by molar-refractivity contribution is -0.125. The van der Waals surface area contributed by atoms with Crippen molar-refractivity contribution in [3.8, 4) is 0 Å². The first-order valence-corrected chi connectivity index (χ1v) is 7.08. The number of carbonyl (C=O) groups excluding carboxylic acids is 2. The van der Waals surface area contributed by atoms with Crippen LogP contribution in [0.2, 0.25) is 0 Å². The molecule has 1 aliphatic carbocycles. The number of rotatable bonds is 3. The molecule has 0 aromatic carbocycles. The zero-order valence-corrected chi connectivity index (χ0v) is 11.8. The van der Waals surface area contributed by atoms with Crippen molar-refractivity contribution < 1.29 is 9.59 Å². The fraction of sp³-hybridized carbons (Fsp3) is 0.750. The normalized spacial score (nSPS) is 26.3. The van der Waals surface area contributed by atoms with Crippen molar-refractivity contribution in [3.05, 3.63) is 0 Å². The van der Waals surface area contributed by atoms with E-state index in [4.69, 9.17) is 0 Å². The molecule has 5 nitrogen and oxygen atoms in total. The molecule has 2 aliphatic rings. The van der Waals surface area contributed by atoms with E-state index in [1.165, 1.54) is 11.8 Å². The van der Waals surface area contributed by atoms with Crippen LogP contribution < -0.4 is 10.6 Å². The molecule has 1 saturated carbocycles. The van der Waals surface area contributed by atoms with E-state index >= 15 is 0 Å². The molecule has 0 unspecified atom stereocenters. The number of nitrogens with zero attached hydrogens (tertiary/aromatic N) is 1. The van der Waals surface area contributed by atoms with Gasteiger partial charge in [-0.05, 0) is 33.6 Å². The molecule has 1 heterocycles. The second-order valence-corrected chi connectivity index (χ2v) is 6.92. The number of amides is 2. The highest BCUT2D eigenvalue weighted by molar-refractivity contribution is 8.15. The average molecular weight is 269 g/mol. The minimum Gasteiger partial charge on any atom is -0.353 e. The summed E-state index contributed by atoms with van der Waals surface area (Å²) in [5.74, 6) is -0.156. The van der Waals surface area contributed by atoms with Gasteiger partial charge in [0, 0.05) is 12.5 Å². The Labute approximate surface area is 111 Å². The minimum atomic E-state index is -0.343. The van der Waals surface area contributed by atoms with E-state index in [1.807, 2.05) is 20.8 Å². The first-order chi connectivity index (χ1) is 8.33. The molecule has 2 N–H and O–H groups in total. The van der Waals surface area contributed by atoms with Crippen LogP contribution in [-0.2, 0) is 9.59 Å². The van der Waals surface area contributed by atoms with Gasteiger partial charge in [0.15, 0.2) is 5.17 Å². The third kappa shape index (κ3) is 4.01. The summed E-state index contributed by atoms with van der Waals surface area (Å²) in [6, 6.07) is 0.342. The van der Waals surface area contributed by atoms with Gasteiger partial charge in [-0.1, -0.05) is 11.8 Å². The molecule has 0 bridgehead atoms. The molecular weight excluding hydrogens is 250 g/mol. The lowest BCUT2D eigenvalue weighted by Crippen LogP contribution is -2.32. The molecule has 100 valence electrons. The van der Waals surface area contributed by atoms with Crippen molar-refractivity contribution in [3.63, 3.8) is 0 Å². The quantitative estimate of drug-likeness (QED) is 0.804. The van der Waals surface area contributed by atoms with Crippen LogP contribution in [-0.4, -0.2) is 33.8 Å². The van der Waals surface area contributed by atoms with Gasteiger partial charge in [-0.15, -0.1) is 0 Å². The lowest BCUT2D eigenvalue weighted by Gasteiger charge is -2.12. The fourth-order valence-electron chi connectivity index (χ4n) is 1.58. The molecule has 2 fully saturated rings. The van der Waals surface area contributed by atoms with E-state index in [-0.39, 0.29) is 29.0 Å². The number of hydrogen-bond acceptors (Lipinski definition) is 4. The van der Waals surface area contributed by atoms with Gasteiger partial charge in [0.1, 0.15) is 5.25 Å². The summed E-state index contributed by atoms with van der Waals surface area (Å²) in [6.45, 7) is 5.92. The van der Waals surface area contributed by atoms with Gasteiger partial charge < -0.3 is 10.6 Å². The van der Waals surface area contributed by atoms with Gasteiger partial charge in [-0.2, -0.15) is 0 Å². The van der Waals surface area contributed by atoms with E-state index in [0.717, 1.165) is 12.8 Å². The molecule has 18 heavy (non-hydrogen) atoms. The number of amidine groups is 1. The van der Waals surface area contributed by atoms with E-state index in [2.05, 4.69) is 15.6 Å². The van der Waals surface area contributed by atoms with Gasteiger partial charge in [-0.25, -0.2) is 0 Å². The van der Waals surface area contributed by atoms with E-state index in [9.17, 15) is 9.59 Å². The maximum Gasteiger partial charge on any atom is 0.240 e. The summed E-state index contributed by atoms with van der Waals surface area (Å²) in [4.78, 5) is 27.8. The molecule has 0 spiro atoms. The second-order valence-electron chi connectivity index (χ2n) is 5.73. The topological polar surface area (TPSA) is 70.6 Å². The van der Waals surface area contributed by atoms with E-state index in [1.54, 1.807) is 0 Å². The Hall–Kier alpha value is -1.04. The Morgan fingerprint density at radius 3 is 2.72 bits per heavy atom. The zero-order valence-electron chi connectivity index (χ0n) is 10.9. The monoisotopic (exact) mass is 269 g/mol. The maximum absolute atomic E-state index is 11.7. The summed E-state index contributed by atoms with van der Waals surface area (Å²) in [7, 11) is 0. The number of nitrogens with one attached hydrogen (secondary N) is 2. The van der Waals surface area contributed by atoms with Crippen molar-refractivity contribution in [2.45, 2.75) is 56.9 Å². The Morgan fingerprint density at radius 2 is 2.17 bits per heavy atom. The number of aliphatic imine (C=N–C) groups is 1. The van der Waals surface area contributed by atoms with E-state index < -0.39 is 0 Å². The molecule has 2 amide bonds. The van der Waals surface area contributed by atoms with Crippen molar-refractivity contribution >= 4 is 28.7 Å². The highest BCUT2D eigenvalue weighted by Gasteiger charge is 2.34. The summed E-state index contributed by atoms with van der Waals surface area (Å²) < 4.78 is 0. The van der Waals surface area contributed by atoms with Crippen LogP contribution in [0.3, 0.4) is 0 Å². The molecule has 1 atom stereocenters. The molecule has 2 rings (SSSR count). The van der Waals surface area contributed by atoms with Crippen LogP contribution >= 0.6 is 11.8 Å². The molecule has 0 radical (unpaired) electrons. The molecule has 1 saturated heterocycles. The van der Waals surface area contributed by atoms with Crippen LogP contribution in [0.4, 0.5) is 0 Å². The van der Waals surface area contributed by atoms with Crippen molar-refractivity contribution in [2.75, 3.05) is 0 Å². The molecule has 6 heteroatoms. The molecule has 0 aromatic rings. The summed E-state index contributed by atoms with van der Waals surface area (Å²) in [5.41, 5.74) is -0.221. The molecule has 0 aromatic heterocycles. The lowest BCUT2D eigenvalue weighted by atomic mass is 10.1. The highest BCUT2D eigenvalue weighted by atomic mass is 32.2. The van der Waals surface area contributed by atoms with Gasteiger partial charge in [0.25, 0.3) is 0 Å². The summed E-state index contributed by atoms with van der Waals surface area (Å²) in [6.07, 6.45) is 2.36. The van der Waals surface area contributed by atoms with Crippen molar-refractivity contribution in [2.24, 2.45) is 4.99 Å². The van der Waals surface area contributed by atoms with E-state index in [0.29, 0.717) is 11.2 Å². The second kappa shape index (κ2) is 4.91. The maximum atomic E-state index is 11.7. The Kier molecular flexibility index (Phi) is 3.66. The predicted molar refractivity (Wildman–Crippen MR) is 72.5 cm³/mol. The molecular formula is C12H19N3O2S. The predicted octanol–water partition coefficient (Wildman–Crippen LogP) is 1.04. The van der Waals surface area contributed by atoms with Crippen LogP contribution in [0.1, 0.15) is 40.0 Å². The van der Waals surface area contributed by atoms with Crippen LogP contribution in [0.5, 0.6) is 0 Å². The number of thioether (sulfide) groups is 1. The van der Waals surface area contributed by atoms with Gasteiger partial charge >= 0.3 is 0 Å². The summed E-state index contributed by atoms with van der Waals surface area (Å²) in [5, 5.41) is 5.90. The minimum absolute atomic E-state index is 0.0397. The first kappa shape index (κ1) is 13.4. The van der Waals surface area contributed by atoms with Crippen molar-refractivity contribution in [1.29, 1.82) is 0 Å². The van der Waals surface area contributed by atoms with Crippen LogP contribution in [0, 0.1) is 0 Å². The third-order valence-corrected chi connectivity index (χ3v) is 3.61. The Balaban J connectivity index is 1.88. The standard InChI is InChI=1S/C12H19N3O2S/c1-12(2,3)15-11-14-10(17)8(18-11)6-9(16)13-7-4-5-7/h7-8H,4-6H2,1-3H3,(H,13,16)(H,14,15,17)/t8-/m1/s1. The SMILES string of the molecule is CC(C)(C)N=C1NC(=O)[C@@H](CC(=O)NC2CC2)S1. The fourth-order valence-corrected chi connectivity index (χ4v) is 2.74. The Morgan fingerprint density at radius 1 is 1.50 bits per heavy atom. The first-order valence-electron chi connectivity index (χ1n) is 6.20. The largest absolute Gasteiger partial charge is 0.353 e. The average Bonchev–Trinajstić information content (AvgIpc) is 2.91. The smallest absolute Gasteiger partial charge is 0.240 e. The van der Waals surface area contributed by atoms with Crippen LogP contribution in [0.25, 0.3) is 0 Å². The van der Waals surface area contributed by atoms with Crippen molar-refractivity contribution in [1.82, 2.24) is 10.6 Å². The summed E-state index contributed by atoms with van der Waals surface area (Å²) >= 11 is 1.35. The zero-order chi connectivity index (χ0) is 13.3. The van der Waals surface area contributed by atoms with Gasteiger partial charge in [-0.3, -0.25) is 14.6 Å². The molecule has 1 aliphatic heterocycles. The number of hydrogen-bond donors (Lipinski definition) is 2.